The molecule has 2 fully saturated rings. The summed E-state index contributed by atoms with van der Waals surface area (Å²) in [4.78, 5) is 11.6. The fourth-order valence-electron chi connectivity index (χ4n) is 3.94. The maximum atomic E-state index is 11.6. The molecule has 4 rings (SSSR count). The Labute approximate surface area is 198 Å². The van der Waals surface area contributed by atoms with E-state index in [1.54, 1.807) is 0 Å². The summed E-state index contributed by atoms with van der Waals surface area (Å²) >= 11 is 0. The highest BCUT2D eigenvalue weighted by Gasteiger charge is 2.47. The van der Waals surface area contributed by atoms with E-state index in [0.717, 1.165) is 0 Å². The fraction of sp³-hybridized carbons (Fsp3) is 0.591. The molecule has 0 radical (unpaired) electrons. The van der Waals surface area contributed by atoms with Crippen LogP contribution in [0.25, 0.3) is 11.0 Å². The molecular formula is C22H28O13. The standard InChI is InChI=1S/C22H28O13/c1-8-15(24)17(26)19(28)21(32-8)31-7-13-16(25)18(27)20(29)22(35-13)34-12-6-10-9(5-11(12)30-2)3-4-14(23)33-10/h3-6,8,13,15-22,24-29H,7H2,1-2H3/t8-,13-,15+,16-,17-,18-,19-,20-,21+,22+/m0/s1. The molecule has 1 aromatic carbocycles. The first-order valence-electron chi connectivity index (χ1n) is 10.9. The predicted molar refractivity (Wildman–Crippen MR) is 115 cm³/mol. The van der Waals surface area contributed by atoms with E-state index in [1.807, 2.05) is 0 Å². The lowest BCUT2D eigenvalue weighted by Crippen LogP contribution is -2.61. The van der Waals surface area contributed by atoms with Crippen molar-refractivity contribution >= 4 is 11.0 Å². The van der Waals surface area contributed by atoms with Crippen LogP contribution in [-0.4, -0.2) is 106 Å². The molecule has 6 N–H and O–H groups in total. The second kappa shape index (κ2) is 10.3. The van der Waals surface area contributed by atoms with E-state index < -0.39 is 73.6 Å². The minimum absolute atomic E-state index is 0.0265. The Kier molecular flexibility index (Phi) is 7.61. The van der Waals surface area contributed by atoms with Crippen LogP contribution in [0, 0.1) is 0 Å². The summed E-state index contributed by atoms with van der Waals surface area (Å²) in [5.74, 6) is 0.245. The number of aliphatic hydroxyl groups is 6. The van der Waals surface area contributed by atoms with Crippen LogP contribution in [0.15, 0.2) is 33.5 Å². The Hall–Kier alpha value is -2.33. The molecule has 0 saturated carbocycles. The first kappa shape index (κ1) is 25.8. The van der Waals surface area contributed by atoms with Gasteiger partial charge >= 0.3 is 5.63 Å². The molecule has 1 aromatic heterocycles. The van der Waals surface area contributed by atoms with E-state index in [-0.39, 0.29) is 17.1 Å². The summed E-state index contributed by atoms with van der Waals surface area (Å²) in [7, 11) is 1.38. The third-order valence-corrected chi connectivity index (χ3v) is 6.05. The van der Waals surface area contributed by atoms with Gasteiger partial charge in [-0.1, -0.05) is 0 Å². The number of hydrogen-bond donors (Lipinski definition) is 6. The van der Waals surface area contributed by atoms with Gasteiger partial charge in [0, 0.05) is 17.5 Å². The molecular weight excluding hydrogens is 472 g/mol. The molecule has 2 saturated heterocycles. The molecule has 0 unspecified atom stereocenters. The second-order valence-electron chi connectivity index (χ2n) is 8.44. The Morgan fingerprint density at radius 3 is 2.23 bits per heavy atom. The topological polar surface area (TPSA) is 198 Å². The molecule has 0 aliphatic carbocycles. The van der Waals surface area contributed by atoms with E-state index in [0.29, 0.717) is 5.39 Å². The SMILES string of the molecule is COc1cc2ccc(=O)oc2cc1O[C@@H]1O[C@@H](CO[C@@H]2O[C@@H](C)[C@@H](O)[C@H](O)[C@@H]2O)[C@H](O)[C@H](O)[C@@H]1O. The quantitative estimate of drug-likeness (QED) is 0.235. The lowest BCUT2D eigenvalue weighted by atomic mass is 9.98. The van der Waals surface area contributed by atoms with Gasteiger partial charge in [-0.3, -0.25) is 0 Å². The number of benzene rings is 1. The van der Waals surface area contributed by atoms with E-state index in [2.05, 4.69) is 0 Å². The van der Waals surface area contributed by atoms with Crippen molar-refractivity contribution < 1.29 is 58.7 Å². The van der Waals surface area contributed by atoms with Gasteiger partial charge in [-0.15, -0.1) is 0 Å². The molecule has 13 nitrogen and oxygen atoms in total. The lowest BCUT2D eigenvalue weighted by Gasteiger charge is -2.42. The van der Waals surface area contributed by atoms with Crippen molar-refractivity contribution in [2.45, 2.75) is 68.3 Å². The second-order valence-corrected chi connectivity index (χ2v) is 8.44. The van der Waals surface area contributed by atoms with Gasteiger partial charge in [0.25, 0.3) is 0 Å². The van der Waals surface area contributed by atoms with Crippen molar-refractivity contribution in [3.05, 3.63) is 34.7 Å². The third-order valence-electron chi connectivity index (χ3n) is 6.05. The highest BCUT2D eigenvalue weighted by molar-refractivity contribution is 5.80. The van der Waals surface area contributed by atoms with Crippen molar-refractivity contribution in [2.75, 3.05) is 13.7 Å². The van der Waals surface area contributed by atoms with Gasteiger partial charge in [-0.2, -0.15) is 0 Å². The summed E-state index contributed by atoms with van der Waals surface area (Å²) in [6.07, 6.45) is -14.4. The van der Waals surface area contributed by atoms with Crippen molar-refractivity contribution in [1.82, 2.24) is 0 Å². The monoisotopic (exact) mass is 500 g/mol. The number of aliphatic hydroxyl groups excluding tert-OH is 6. The summed E-state index contributed by atoms with van der Waals surface area (Å²) in [6, 6.07) is 5.67. The van der Waals surface area contributed by atoms with E-state index in [9.17, 15) is 35.4 Å². The van der Waals surface area contributed by atoms with Crippen molar-refractivity contribution in [3.63, 3.8) is 0 Å². The Morgan fingerprint density at radius 1 is 0.829 bits per heavy atom. The molecule has 2 aliphatic rings. The average Bonchev–Trinajstić information content (AvgIpc) is 2.84. The lowest BCUT2D eigenvalue weighted by molar-refractivity contribution is -0.318. The van der Waals surface area contributed by atoms with Crippen LogP contribution < -0.4 is 15.1 Å². The van der Waals surface area contributed by atoms with Crippen molar-refractivity contribution in [2.24, 2.45) is 0 Å². The van der Waals surface area contributed by atoms with Gasteiger partial charge in [0.05, 0.1) is 19.8 Å². The van der Waals surface area contributed by atoms with Gasteiger partial charge in [0.1, 0.15) is 48.3 Å². The highest BCUT2D eigenvalue weighted by atomic mass is 16.7. The number of fused-ring (bicyclic) bond motifs is 1. The molecule has 13 heteroatoms. The fourth-order valence-corrected chi connectivity index (χ4v) is 3.94. The van der Waals surface area contributed by atoms with Gasteiger partial charge < -0.3 is 58.7 Å². The first-order chi connectivity index (χ1) is 16.6. The van der Waals surface area contributed by atoms with Crippen LogP contribution >= 0.6 is 0 Å². The summed E-state index contributed by atoms with van der Waals surface area (Å²) in [5, 5.41) is 61.5. The molecule has 10 atom stereocenters. The van der Waals surface area contributed by atoms with Crippen LogP contribution in [0.3, 0.4) is 0 Å². The predicted octanol–water partition coefficient (Wildman–Crippen LogP) is -2.17. The highest BCUT2D eigenvalue weighted by Crippen LogP contribution is 2.35. The van der Waals surface area contributed by atoms with Crippen LogP contribution in [0.4, 0.5) is 0 Å². The van der Waals surface area contributed by atoms with Gasteiger partial charge in [0.15, 0.2) is 17.8 Å². The van der Waals surface area contributed by atoms with Crippen LogP contribution in [0.5, 0.6) is 11.5 Å². The molecule has 2 aliphatic heterocycles. The Bertz CT molecular complexity index is 1070. The summed E-state index contributed by atoms with van der Waals surface area (Å²) in [5.41, 5.74) is -0.408. The average molecular weight is 500 g/mol. The summed E-state index contributed by atoms with van der Waals surface area (Å²) < 4.78 is 32.5. The number of methoxy groups -OCH3 is 1. The molecule has 35 heavy (non-hydrogen) atoms. The van der Waals surface area contributed by atoms with Crippen LogP contribution in [0.2, 0.25) is 0 Å². The van der Waals surface area contributed by atoms with E-state index >= 15 is 0 Å². The third kappa shape index (κ3) is 5.14. The smallest absolute Gasteiger partial charge is 0.336 e. The normalized spacial score (nSPS) is 37.8. The Balaban J connectivity index is 1.50. The van der Waals surface area contributed by atoms with Crippen molar-refractivity contribution in [3.8, 4) is 11.5 Å². The molecule has 2 aromatic rings. The van der Waals surface area contributed by atoms with Crippen LogP contribution in [0.1, 0.15) is 6.92 Å². The zero-order valence-corrected chi connectivity index (χ0v) is 18.8. The molecule has 0 spiro atoms. The minimum Gasteiger partial charge on any atom is -0.493 e. The van der Waals surface area contributed by atoms with Gasteiger partial charge in [-0.05, 0) is 19.1 Å². The summed E-state index contributed by atoms with van der Waals surface area (Å²) in [6.45, 7) is 1.04. The van der Waals surface area contributed by atoms with Crippen molar-refractivity contribution in [1.29, 1.82) is 0 Å². The van der Waals surface area contributed by atoms with Crippen LogP contribution in [-0.2, 0) is 14.2 Å². The van der Waals surface area contributed by atoms with Gasteiger partial charge in [-0.25, -0.2) is 4.79 Å². The maximum absolute atomic E-state index is 11.6. The Morgan fingerprint density at radius 2 is 1.51 bits per heavy atom. The molecule has 0 bridgehead atoms. The minimum atomic E-state index is -1.70. The molecule has 0 amide bonds. The zero-order valence-electron chi connectivity index (χ0n) is 18.8. The first-order valence-corrected chi connectivity index (χ1v) is 10.9. The van der Waals surface area contributed by atoms with E-state index in [4.69, 9.17) is 28.1 Å². The number of hydrogen-bond acceptors (Lipinski definition) is 13. The zero-order chi connectivity index (χ0) is 25.4. The molecule has 3 heterocycles. The van der Waals surface area contributed by atoms with Gasteiger partial charge in [0.2, 0.25) is 6.29 Å². The largest absolute Gasteiger partial charge is 0.493 e. The number of ether oxygens (including phenoxy) is 5. The molecule has 194 valence electrons. The maximum Gasteiger partial charge on any atom is 0.336 e. The number of rotatable bonds is 6. The van der Waals surface area contributed by atoms with E-state index in [1.165, 1.54) is 38.3 Å².